The largest absolute Gasteiger partial charge is 0.356 e. The average molecular weight is 278 g/mol. The normalized spacial score (nSPS) is 14.8. The Morgan fingerprint density at radius 2 is 2.05 bits per heavy atom. The first-order valence-corrected chi connectivity index (χ1v) is 8.15. The third kappa shape index (κ3) is 3.75. The first kappa shape index (κ1) is 15.4. The van der Waals surface area contributed by atoms with Crippen LogP contribution in [0.2, 0.25) is 0 Å². The molecule has 0 radical (unpaired) electrons. The number of aromatic nitrogens is 2. The first-order valence-electron chi connectivity index (χ1n) is 8.15. The number of nitrogens with one attached hydrogen (secondary N) is 1. The third-order valence-electron chi connectivity index (χ3n) is 4.01. The molecular weight excluding hydrogens is 248 g/mol. The SMILES string of the molecule is CCCNCc1c(C)nn(C)c1N(CCC)CC1CC1. The highest BCUT2D eigenvalue weighted by Crippen LogP contribution is 2.33. The summed E-state index contributed by atoms with van der Waals surface area (Å²) in [6.07, 6.45) is 5.18. The van der Waals surface area contributed by atoms with Gasteiger partial charge in [-0.3, -0.25) is 4.68 Å². The van der Waals surface area contributed by atoms with Crippen LogP contribution >= 0.6 is 0 Å². The van der Waals surface area contributed by atoms with Gasteiger partial charge in [0, 0.05) is 32.2 Å². The zero-order valence-electron chi connectivity index (χ0n) is 13.6. The fourth-order valence-electron chi connectivity index (χ4n) is 2.85. The number of hydrogen-bond acceptors (Lipinski definition) is 3. The summed E-state index contributed by atoms with van der Waals surface area (Å²) >= 11 is 0. The highest BCUT2D eigenvalue weighted by molar-refractivity contribution is 5.50. The molecule has 1 aromatic rings. The Kier molecular flexibility index (Phi) is 5.46. The van der Waals surface area contributed by atoms with E-state index in [1.54, 1.807) is 0 Å². The van der Waals surface area contributed by atoms with Gasteiger partial charge in [0.1, 0.15) is 5.82 Å². The number of aryl methyl sites for hydroxylation is 2. The molecule has 0 spiro atoms. The average Bonchev–Trinajstić information content (AvgIpc) is 3.16. The second-order valence-electron chi connectivity index (χ2n) is 6.08. The first-order chi connectivity index (χ1) is 9.67. The topological polar surface area (TPSA) is 33.1 Å². The molecule has 0 aliphatic heterocycles. The molecule has 4 nitrogen and oxygen atoms in total. The minimum atomic E-state index is 0.910. The van der Waals surface area contributed by atoms with Crippen LogP contribution in [0.3, 0.4) is 0 Å². The highest BCUT2D eigenvalue weighted by Gasteiger charge is 2.27. The summed E-state index contributed by atoms with van der Waals surface area (Å²) in [5.41, 5.74) is 2.55. The quantitative estimate of drug-likeness (QED) is 0.705. The molecule has 2 rings (SSSR count). The standard InChI is InChI=1S/C16H30N4/c1-5-9-17-11-15-13(3)18-19(4)16(15)20(10-6-2)12-14-7-8-14/h14,17H,5-12H2,1-4H3. The van der Waals surface area contributed by atoms with E-state index in [9.17, 15) is 0 Å². The van der Waals surface area contributed by atoms with E-state index in [1.165, 1.54) is 49.3 Å². The van der Waals surface area contributed by atoms with Crippen molar-refractivity contribution in [2.45, 2.75) is 53.0 Å². The summed E-state index contributed by atoms with van der Waals surface area (Å²) in [5.74, 6) is 2.24. The van der Waals surface area contributed by atoms with Crippen molar-refractivity contribution in [2.75, 3.05) is 24.5 Å². The van der Waals surface area contributed by atoms with Gasteiger partial charge >= 0.3 is 0 Å². The molecule has 114 valence electrons. The van der Waals surface area contributed by atoms with Crippen molar-refractivity contribution in [1.82, 2.24) is 15.1 Å². The molecule has 0 atom stereocenters. The van der Waals surface area contributed by atoms with E-state index in [1.807, 2.05) is 0 Å². The van der Waals surface area contributed by atoms with Crippen LogP contribution in [0.1, 0.15) is 50.8 Å². The molecule has 1 fully saturated rings. The lowest BCUT2D eigenvalue weighted by atomic mass is 10.2. The van der Waals surface area contributed by atoms with Gasteiger partial charge in [0.2, 0.25) is 0 Å². The zero-order valence-corrected chi connectivity index (χ0v) is 13.6. The zero-order chi connectivity index (χ0) is 14.5. The number of hydrogen-bond donors (Lipinski definition) is 1. The molecule has 1 aliphatic rings. The van der Waals surface area contributed by atoms with Crippen LogP contribution in [0, 0.1) is 12.8 Å². The van der Waals surface area contributed by atoms with Gasteiger partial charge in [-0.1, -0.05) is 13.8 Å². The van der Waals surface area contributed by atoms with E-state index in [4.69, 9.17) is 0 Å². The minimum Gasteiger partial charge on any atom is -0.356 e. The van der Waals surface area contributed by atoms with E-state index < -0.39 is 0 Å². The lowest BCUT2D eigenvalue weighted by molar-refractivity contribution is 0.644. The monoisotopic (exact) mass is 278 g/mol. The van der Waals surface area contributed by atoms with Crippen LogP contribution in [0.4, 0.5) is 5.82 Å². The fourth-order valence-corrected chi connectivity index (χ4v) is 2.85. The fraction of sp³-hybridized carbons (Fsp3) is 0.812. The highest BCUT2D eigenvalue weighted by atomic mass is 15.4. The van der Waals surface area contributed by atoms with Crippen molar-refractivity contribution >= 4 is 5.82 Å². The van der Waals surface area contributed by atoms with Gasteiger partial charge in [0.05, 0.1) is 5.69 Å². The Balaban J connectivity index is 2.16. The van der Waals surface area contributed by atoms with Crippen molar-refractivity contribution in [3.8, 4) is 0 Å². The van der Waals surface area contributed by atoms with Crippen LogP contribution in [0.5, 0.6) is 0 Å². The molecule has 20 heavy (non-hydrogen) atoms. The molecule has 0 aromatic carbocycles. The minimum absolute atomic E-state index is 0.910. The molecule has 0 amide bonds. The summed E-state index contributed by atoms with van der Waals surface area (Å²) in [5, 5.41) is 8.19. The van der Waals surface area contributed by atoms with Gasteiger partial charge in [-0.05, 0) is 45.1 Å². The molecule has 0 saturated heterocycles. The Morgan fingerprint density at radius 1 is 1.30 bits per heavy atom. The van der Waals surface area contributed by atoms with E-state index in [0.717, 1.165) is 25.6 Å². The lowest BCUT2D eigenvalue weighted by Crippen LogP contribution is -2.30. The third-order valence-corrected chi connectivity index (χ3v) is 4.01. The molecular formula is C16H30N4. The molecule has 1 saturated carbocycles. The second kappa shape index (κ2) is 7.11. The van der Waals surface area contributed by atoms with Crippen LogP contribution in [0.15, 0.2) is 0 Å². The Bertz CT molecular complexity index is 420. The molecule has 0 bridgehead atoms. The summed E-state index contributed by atoms with van der Waals surface area (Å²) in [6.45, 7) is 11.0. The maximum Gasteiger partial charge on any atom is 0.131 e. The molecule has 1 heterocycles. The number of anilines is 1. The van der Waals surface area contributed by atoms with Crippen molar-refractivity contribution in [3.63, 3.8) is 0 Å². The summed E-state index contributed by atoms with van der Waals surface area (Å²) in [6, 6.07) is 0. The van der Waals surface area contributed by atoms with Crippen LogP contribution in [-0.2, 0) is 13.6 Å². The number of rotatable bonds is 9. The number of nitrogens with zero attached hydrogens (tertiary/aromatic N) is 3. The van der Waals surface area contributed by atoms with Crippen molar-refractivity contribution in [3.05, 3.63) is 11.3 Å². The lowest BCUT2D eigenvalue weighted by Gasteiger charge is -2.25. The van der Waals surface area contributed by atoms with Gasteiger partial charge in [-0.15, -0.1) is 0 Å². The molecule has 1 aromatic heterocycles. The Hall–Kier alpha value is -1.03. The van der Waals surface area contributed by atoms with Gasteiger partial charge in [-0.25, -0.2) is 0 Å². The van der Waals surface area contributed by atoms with E-state index in [2.05, 4.69) is 47.8 Å². The second-order valence-corrected chi connectivity index (χ2v) is 6.08. The Labute approximate surface area is 123 Å². The van der Waals surface area contributed by atoms with E-state index >= 15 is 0 Å². The maximum absolute atomic E-state index is 4.66. The van der Waals surface area contributed by atoms with Gasteiger partial charge in [0.25, 0.3) is 0 Å². The summed E-state index contributed by atoms with van der Waals surface area (Å²) < 4.78 is 2.08. The molecule has 1 aliphatic carbocycles. The smallest absolute Gasteiger partial charge is 0.131 e. The van der Waals surface area contributed by atoms with Gasteiger partial charge in [0.15, 0.2) is 0 Å². The summed E-state index contributed by atoms with van der Waals surface area (Å²) in [7, 11) is 2.08. The molecule has 4 heteroatoms. The van der Waals surface area contributed by atoms with Crippen molar-refractivity contribution in [1.29, 1.82) is 0 Å². The predicted molar refractivity (Wildman–Crippen MR) is 85.2 cm³/mol. The van der Waals surface area contributed by atoms with Crippen molar-refractivity contribution < 1.29 is 0 Å². The predicted octanol–water partition coefficient (Wildman–Crippen LogP) is 2.85. The van der Waals surface area contributed by atoms with Gasteiger partial charge in [-0.2, -0.15) is 5.10 Å². The summed E-state index contributed by atoms with van der Waals surface area (Å²) in [4.78, 5) is 2.56. The maximum atomic E-state index is 4.66. The van der Waals surface area contributed by atoms with E-state index in [0.29, 0.717) is 0 Å². The van der Waals surface area contributed by atoms with Crippen LogP contribution < -0.4 is 10.2 Å². The van der Waals surface area contributed by atoms with Crippen LogP contribution in [0.25, 0.3) is 0 Å². The van der Waals surface area contributed by atoms with E-state index in [-0.39, 0.29) is 0 Å². The van der Waals surface area contributed by atoms with Crippen LogP contribution in [-0.4, -0.2) is 29.4 Å². The van der Waals surface area contributed by atoms with Gasteiger partial charge < -0.3 is 10.2 Å². The Morgan fingerprint density at radius 3 is 2.65 bits per heavy atom. The molecule has 1 N–H and O–H groups in total. The molecule has 0 unspecified atom stereocenters. The van der Waals surface area contributed by atoms with Crippen molar-refractivity contribution in [2.24, 2.45) is 13.0 Å².